The van der Waals surface area contributed by atoms with E-state index in [1.807, 2.05) is 39.0 Å². The van der Waals surface area contributed by atoms with Crippen LogP contribution in [0.3, 0.4) is 0 Å². The van der Waals surface area contributed by atoms with E-state index in [2.05, 4.69) is 22.4 Å². The van der Waals surface area contributed by atoms with Gasteiger partial charge in [0.25, 0.3) is 5.56 Å². The molecule has 7 nitrogen and oxygen atoms in total. The fourth-order valence-corrected chi connectivity index (χ4v) is 4.00. The fourth-order valence-electron chi connectivity index (χ4n) is 4.00. The molecule has 2 heterocycles. The number of benzene rings is 1. The molecule has 0 aliphatic carbocycles. The van der Waals surface area contributed by atoms with Crippen molar-refractivity contribution >= 4 is 16.9 Å². The Balaban J connectivity index is 1.71. The second-order valence-corrected chi connectivity index (χ2v) is 8.20. The SMILES string of the molecule is Cc1nc2c(c(C)c1CCC(=O)N[C@@H](C)CCc1ccccc1)c(=O)n(C)c(=O)n2C. The molecule has 0 aliphatic rings. The maximum absolute atomic E-state index is 12.7. The minimum atomic E-state index is -0.402. The maximum Gasteiger partial charge on any atom is 0.332 e. The first kappa shape index (κ1) is 22.5. The van der Waals surface area contributed by atoms with Gasteiger partial charge in [-0.3, -0.25) is 18.7 Å². The quantitative estimate of drug-likeness (QED) is 0.633. The predicted octanol–water partition coefficient (Wildman–Crippen LogP) is 2.32. The largest absolute Gasteiger partial charge is 0.354 e. The van der Waals surface area contributed by atoms with E-state index in [4.69, 9.17) is 0 Å². The van der Waals surface area contributed by atoms with E-state index in [-0.39, 0.29) is 17.5 Å². The van der Waals surface area contributed by atoms with Crippen LogP contribution in [0.25, 0.3) is 11.0 Å². The lowest BCUT2D eigenvalue weighted by Gasteiger charge is -2.16. The number of aryl methyl sites for hydroxylation is 4. The van der Waals surface area contributed by atoms with Crippen LogP contribution in [-0.2, 0) is 31.7 Å². The number of rotatable bonds is 7. The topological polar surface area (TPSA) is 86.0 Å². The second kappa shape index (κ2) is 9.29. The summed E-state index contributed by atoms with van der Waals surface area (Å²) in [7, 11) is 3.08. The van der Waals surface area contributed by atoms with Crippen LogP contribution in [0.2, 0.25) is 0 Å². The summed E-state index contributed by atoms with van der Waals surface area (Å²) in [6, 6.07) is 10.3. The molecule has 164 valence electrons. The third-order valence-electron chi connectivity index (χ3n) is 5.89. The summed E-state index contributed by atoms with van der Waals surface area (Å²) in [5.41, 5.74) is 3.28. The van der Waals surface area contributed by atoms with Crippen molar-refractivity contribution in [3.05, 3.63) is 73.6 Å². The van der Waals surface area contributed by atoms with Crippen molar-refractivity contribution in [1.82, 2.24) is 19.4 Å². The molecule has 0 fully saturated rings. The number of amides is 1. The summed E-state index contributed by atoms with van der Waals surface area (Å²) in [5.74, 6) is -0.0205. The molecule has 0 radical (unpaired) electrons. The molecule has 0 unspecified atom stereocenters. The van der Waals surface area contributed by atoms with Gasteiger partial charge in [0.15, 0.2) is 0 Å². The molecule has 1 atom stereocenters. The number of pyridine rings is 1. The number of carbonyl (C=O) groups is 1. The Morgan fingerprint density at radius 1 is 1.06 bits per heavy atom. The number of carbonyl (C=O) groups excluding carboxylic acids is 1. The van der Waals surface area contributed by atoms with Crippen molar-refractivity contribution in [2.24, 2.45) is 14.1 Å². The average Bonchev–Trinajstić information content (AvgIpc) is 2.75. The van der Waals surface area contributed by atoms with Crippen molar-refractivity contribution in [2.75, 3.05) is 0 Å². The van der Waals surface area contributed by atoms with Crippen molar-refractivity contribution in [2.45, 2.75) is 52.5 Å². The highest BCUT2D eigenvalue weighted by Gasteiger charge is 2.18. The van der Waals surface area contributed by atoms with Crippen LogP contribution >= 0.6 is 0 Å². The van der Waals surface area contributed by atoms with Gasteiger partial charge in [-0.2, -0.15) is 0 Å². The first-order valence-corrected chi connectivity index (χ1v) is 10.6. The van der Waals surface area contributed by atoms with Crippen LogP contribution < -0.4 is 16.6 Å². The number of hydrogen-bond acceptors (Lipinski definition) is 4. The molecule has 0 bridgehead atoms. The number of hydrogen-bond donors (Lipinski definition) is 1. The normalized spacial score (nSPS) is 12.2. The monoisotopic (exact) mass is 422 g/mol. The number of fused-ring (bicyclic) bond motifs is 1. The second-order valence-electron chi connectivity index (χ2n) is 8.20. The molecule has 1 aromatic carbocycles. The highest BCUT2D eigenvalue weighted by molar-refractivity contribution is 5.80. The van der Waals surface area contributed by atoms with E-state index in [0.717, 1.165) is 34.2 Å². The molecule has 0 spiro atoms. The highest BCUT2D eigenvalue weighted by Crippen LogP contribution is 2.20. The number of nitrogens with one attached hydrogen (secondary N) is 1. The lowest BCUT2D eigenvalue weighted by atomic mass is 9.99. The zero-order valence-corrected chi connectivity index (χ0v) is 18.9. The van der Waals surface area contributed by atoms with E-state index in [1.54, 1.807) is 7.05 Å². The third kappa shape index (κ3) is 4.76. The molecule has 0 aliphatic heterocycles. The number of aromatic nitrogens is 3. The standard InChI is InChI=1S/C24H30N4O3/c1-15(11-12-18-9-7-6-8-10-18)25-20(29)14-13-19-16(2)21-22(26-17(19)3)27(4)24(31)28(5)23(21)30/h6-10,15H,11-14H2,1-5H3,(H,25,29)/t15-/m0/s1. The molecule has 0 saturated heterocycles. The summed E-state index contributed by atoms with van der Waals surface area (Å²) in [6.45, 7) is 5.72. The van der Waals surface area contributed by atoms with Crippen LogP contribution in [0.15, 0.2) is 39.9 Å². The molecular weight excluding hydrogens is 392 g/mol. The lowest BCUT2D eigenvalue weighted by molar-refractivity contribution is -0.121. The molecule has 1 N–H and O–H groups in total. The van der Waals surface area contributed by atoms with Gasteiger partial charge in [-0.15, -0.1) is 0 Å². The Morgan fingerprint density at radius 2 is 1.74 bits per heavy atom. The van der Waals surface area contributed by atoms with Crippen molar-refractivity contribution < 1.29 is 4.79 Å². The van der Waals surface area contributed by atoms with E-state index in [9.17, 15) is 14.4 Å². The van der Waals surface area contributed by atoms with Crippen molar-refractivity contribution in [3.63, 3.8) is 0 Å². The Kier molecular flexibility index (Phi) is 6.73. The van der Waals surface area contributed by atoms with Gasteiger partial charge in [-0.25, -0.2) is 9.78 Å². The third-order valence-corrected chi connectivity index (χ3v) is 5.89. The van der Waals surface area contributed by atoms with E-state index in [0.29, 0.717) is 23.9 Å². The average molecular weight is 423 g/mol. The van der Waals surface area contributed by atoms with Gasteiger partial charge in [0.1, 0.15) is 5.65 Å². The van der Waals surface area contributed by atoms with Gasteiger partial charge in [0.2, 0.25) is 5.91 Å². The van der Waals surface area contributed by atoms with Crippen LogP contribution in [-0.4, -0.2) is 26.1 Å². The molecule has 0 saturated carbocycles. The Labute approximate surface area is 181 Å². The van der Waals surface area contributed by atoms with Crippen molar-refractivity contribution in [3.8, 4) is 0 Å². The highest BCUT2D eigenvalue weighted by atomic mass is 16.2. The van der Waals surface area contributed by atoms with Crippen LogP contribution in [0.5, 0.6) is 0 Å². The first-order valence-electron chi connectivity index (χ1n) is 10.6. The molecular formula is C24H30N4O3. The van der Waals surface area contributed by atoms with E-state index >= 15 is 0 Å². The minimum absolute atomic E-state index is 0.0205. The smallest absolute Gasteiger partial charge is 0.332 e. The summed E-state index contributed by atoms with van der Waals surface area (Å²) in [6.07, 6.45) is 2.59. The van der Waals surface area contributed by atoms with Crippen LogP contribution in [0.1, 0.15) is 42.1 Å². The summed E-state index contributed by atoms with van der Waals surface area (Å²) in [4.78, 5) is 41.9. The summed E-state index contributed by atoms with van der Waals surface area (Å²) < 4.78 is 2.49. The first-order chi connectivity index (χ1) is 14.7. The Hall–Kier alpha value is -3.22. The van der Waals surface area contributed by atoms with Crippen molar-refractivity contribution in [1.29, 1.82) is 0 Å². The van der Waals surface area contributed by atoms with Gasteiger partial charge < -0.3 is 5.32 Å². The summed E-state index contributed by atoms with van der Waals surface area (Å²) in [5, 5.41) is 3.50. The zero-order valence-electron chi connectivity index (χ0n) is 18.9. The van der Waals surface area contributed by atoms with Crippen LogP contribution in [0.4, 0.5) is 0 Å². The van der Waals surface area contributed by atoms with E-state index in [1.165, 1.54) is 17.2 Å². The van der Waals surface area contributed by atoms with Gasteiger partial charge in [0, 0.05) is 32.3 Å². The molecule has 31 heavy (non-hydrogen) atoms. The predicted molar refractivity (Wildman–Crippen MR) is 122 cm³/mol. The molecule has 2 aromatic heterocycles. The van der Waals surface area contributed by atoms with Crippen LogP contribution in [0, 0.1) is 13.8 Å². The van der Waals surface area contributed by atoms with Gasteiger partial charge >= 0.3 is 5.69 Å². The van der Waals surface area contributed by atoms with Gasteiger partial charge in [-0.05, 0) is 56.7 Å². The molecule has 3 aromatic rings. The maximum atomic E-state index is 12.7. The summed E-state index contributed by atoms with van der Waals surface area (Å²) >= 11 is 0. The Morgan fingerprint density at radius 3 is 2.42 bits per heavy atom. The van der Waals surface area contributed by atoms with E-state index < -0.39 is 5.69 Å². The Bertz CT molecular complexity index is 1230. The zero-order chi connectivity index (χ0) is 22.7. The number of nitrogens with zero attached hydrogens (tertiary/aromatic N) is 3. The molecule has 7 heteroatoms. The van der Waals surface area contributed by atoms with Gasteiger partial charge in [-0.1, -0.05) is 30.3 Å². The van der Waals surface area contributed by atoms with Gasteiger partial charge in [0.05, 0.1) is 5.39 Å². The lowest BCUT2D eigenvalue weighted by Crippen LogP contribution is -2.38. The minimum Gasteiger partial charge on any atom is -0.354 e. The fraction of sp³-hybridized carbons (Fsp3) is 0.417. The molecule has 1 amide bonds. The molecule has 3 rings (SSSR count).